The van der Waals surface area contributed by atoms with Crippen LogP contribution in [0.25, 0.3) is 0 Å². The molecule has 3 nitrogen and oxygen atoms in total. The lowest BCUT2D eigenvalue weighted by Gasteiger charge is -2.26. The van der Waals surface area contributed by atoms with Crippen LogP contribution in [0.2, 0.25) is 0 Å². The van der Waals surface area contributed by atoms with Gasteiger partial charge in [-0.2, -0.15) is 0 Å². The summed E-state index contributed by atoms with van der Waals surface area (Å²) >= 11 is 0. The quantitative estimate of drug-likeness (QED) is 0.768. The van der Waals surface area contributed by atoms with E-state index in [1.807, 2.05) is 44.2 Å². The monoisotopic (exact) mass is 223 g/mol. The van der Waals surface area contributed by atoms with Crippen molar-refractivity contribution in [1.29, 1.82) is 0 Å². The third kappa shape index (κ3) is 3.93. The lowest BCUT2D eigenvalue weighted by atomic mass is 9.96. The van der Waals surface area contributed by atoms with Gasteiger partial charge in [-0.15, -0.1) is 0 Å². The van der Waals surface area contributed by atoms with Gasteiger partial charge in [0.2, 0.25) is 0 Å². The molecule has 1 rings (SSSR count). The average molecular weight is 223 g/mol. The van der Waals surface area contributed by atoms with Gasteiger partial charge < -0.3 is 15.2 Å². The molecule has 1 aromatic carbocycles. The van der Waals surface area contributed by atoms with Crippen molar-refractivity contribution in [3.63, 3.8) is 0 Å². The number of nitrogens with one attached hydrogen (secondary N) is 1. The molecule has 0 amide bonds. The van der Waals surface area contributed by atoms with Crippen molar-refractivity contribution in [3.8, 4) is 0 Å². The van der Waals surface area contributed by atoms with E-state index in [0.29, 0.717) is 13.2 Å². The molecule has 2 atom stereocenters. The number of ether oxygens (including phenoxy) is 1. The molecule has 0 heterocycles. The Hall–Kier alpha value is -0.900. The normalized spacial score (nSPS) is 16.8. The van der Waals surface area contributed by atoms with Crippen molar-refractivity contribution in [3.05, 3.63) is 35.9 Å². The lowest BCUT2D eigenvalue weighted by molar-refractivity contribution is 0.0500. The maximum atomic E-state index is 10.3. The smallest absolute Gasteiger partial charge is 0.0992 e. The number of benzene rings is 1. The van der Waals surface area contributed by atoms with Gasteiger partial charge in [-0.3, -0.25) is 0 Å². The molecule has 0 aliphatic heterocycles. The van der Waals surface area contributed by atoms with Crippen molar-refractivity contribution in [2.24, 2.45) is 0 Å². The third-order valence-electron chi connectivity index (χ3n) is 2.61. The molecule has 0 aliphatic carbocycles. The Morgan fingerprint density at radius 1 is 1.38 bits per heavy atom. The molecule has 0 aromatic heterocycles. The lowest BCUT2D eigenvalue weighted by Crippen LogP contribution is -2.41. The predicted molar refractivity (Wildman–Crippen MR) is 65.4 cm³/mol. The zero-order chi connectivity index (χ0) is 12.0. The largest absolute Gasteiger partial charge is 0.384 e. The first-order chi connectivity index (χ1) is 7.56. The molecule has 0 saturated heterocycles. The van der Waals surface area contributed by atoms with Gasteiger partial charge in [-0.1, -0.05) is 30.3 Å². The molecule has 0 radical (unpaired) electrons. The standard InChI is InChI=1S/C13H21NO2/c1-11(9-16-3)14-10-13(2,15)12-7-5-4-6-8-12/h4-8,11,14-15H,9-10H2,1-3H3. The van der Waals surface area contributed by atoms with Crippen LogP contribution in [0.1, 0.15) is 19.4 Å². The zero-order valence-corrected chi connectivity index (χ0v) is 10.2. The predicted octanol–water partition coefficient (Wildman–Crippen LogP) is 1.52. The zero-order valence-electron chi connectivity index (χ0n) is 10.2. The van der Waals surface area contributed by atoms with Crippen LogP contribution in [-0.2, 0) is 10.3 Å². The van der Waals surface area contributed by atoms with Crippen LogP contribution in [0.3, 0.4) is 0 Å². The third-order valence-corrected chi connectivity index (χ3v) is 2.61. The summed E-state index contributed by atoms with van der Waals surface area (Å²) in [5.41, 5.74) is 0.0793. The number of rotatable bonds is 6. The Bertz CT molecular complexity index is 298. The second-order valence-corrected chi connectivity index (χ2v) is 4.38. The van der Waals surface area contributed by atoms with Gasteiger partial charge in [0.1, 0.15) is 0 Å². The van der Waals surface area contributed by atoms with E-state index in [0.717, 1.165) is 5.56 Å². The van der Waals surface area contributed by atoms with E-state index in [-0.39, 0.29) is 6.04 Å². The average Bonchev–Trinajstić information content (AvgIpc) is 2.28. The summed E-state index contributed by atoms with van der Waals surface area (Å²) in [4.78, 5) is 0. The van der Waals surface area contributed by atoms with E-state index < -0.39 is 5.60 Å². The van der Waals surface area contributed by atoms with E-state index in [9.17, 15) is 5.11 Å². The summed E-state index contributed by atoms with van der Waals surface area (Å²) < 4.78 is 5.03. The van der Waals surface area contributed by atoms with Crippen LogP contribution in [0, 0.1) is 0 Å². The highest BCUT2D eigenvalue weighted by molar-refractivity contribution is 5.21. The van der Waals surface area contributed by atoms with Gasteiger partial charge in [0.25, 0.3) is 0 Å². The summed E-state index contributed by atoms with van der Waals surface area (Å²) in [5, 5.41) is 13.5. The Kier molecular flexibility index (Phi) is 4.93. The topological polar surface area (TPSA) is 41.5 Å². The fraction of sp³-hybridized carbons (Fsp3) is 0.538. The van der Waals surface area contributed by atoms with Crippen molar-refractivity contribution in [2.75, 3.05) is 20.3 Å². The second-order valence-electron chi connectivity index (χ2n) is 4.38. The Morgan fingerprint density at radius 2 is 2.00 bits per heavy atom. The van der Waals surface area contributed by atoms with Crippen LogP contribution in [0.5, 0.6) is 0 Å². The highest BCUT2D eigenvalue weighted by atomic mass is 16.5. The summed E-state index contributed by atoms with van der Waals surface area (Å²) in [5.74, 6) is 0. The minimum absolute atomic E-state index is 0.236. The van der Waals surface area contributed by atoms with E-state index in [1.165, 1.54) is 0 Å². The summed E-state index contributed by atoms with van der Waals surface area (Å²) in [7, 11) is 1.67. The first-order valence-corrected chi connectivity index (χ1v) is 5.56. The molecule has 3 heteroatoms. The number of aliphatic hydroxyl groups is 1. The van der Waals surface area contributed by atoms with Crippen LogP contribution in [-0.4, -0.2) is 31.4 Å². The van der Waals surface area contributed by atoms with Gasteiger partial charge in [0.05, 0.1) is 12.2 Å². The first-order valence-electron chi connectivity index (χ1n) is 5.56. The van der Waals surface area contributed by atoms with Crippen molar-refractivity contribution < 1.29 is 9.84 Å². The molecule has 0 spiro atoms. The molecule has 16 heavy (non-hydrogen) atoms. The summed E-state index contributed by atoms with van der Waals surface area (Å²) in [6.45, 7) is 5.01. The molecule has 1 aromatic rings. The van der Waals surface area contributed by atoms with E-state index in [1.54, 1.807) is 7.11 Å². The molecule has 2 unspecified atom stereocenters. The Labute approximate surface area is 97.4 Å². The highest BCUT2D eigenvalue weighted by Crippen LogP contribution is 2.18. The maximum absolute atomic E-state index is 10.3. The van der Waals surface area contributed by atoms with E-state index >= 15 is 0 Å². The van der Waals surface area contributed by atoms with Gasteiger partial charge in [0, 0.05) is 19.7 Å². The molecule has 0 fully saturated rings. The van der Waals surface area contributed by atoms with Crippen LogP contribution in [0.4, 0.5) is 0 Å². The van der Waals surface area contributed by atoms with Crippen LogP contribution >= 0.6 is 0 Å². The molecule has 90 valence electrons. The number of methoxy groups -OCH3 is 1. The highest BCUT2D eigenvalue weighted by Gasteiger charge is 2.22. The first kappa shape index (κ1) is 13.2. The van der Waals surface area contributed by atoms with Crippen LogP contribution < -0.4 is 5.32 Å². The fourth-order valence-electron chi connectivity index (χ4n) is 1.58. The minimum atomic E-state index is -0.844. The summed E-state index contributed by atoms with van der Waals surface area (Å²) in [6.07, 6.45) is 0. The Balaban J connectivity index is 2.52. The van der Waals surface area contributed by atoms with Gasteiger partial charge >= 0.3 is 0 Å². The van der Waals surface area contributed by atoms with Gasteiger partial charge in [-0.25, -0.2) is 0 Å². The fourth-order valence-corrected chi connectivity index (χ4v) is 1.58. The second kappa shape index (κ2) is 5.99. The number of hydrogen-bond acceptors (Lipinski definition) is 3. The summed E-state index contributed by atoms with van der Waals surface area (Å²) in [6, 6.07) is 9.91. The van der Waals surface area contributed by atoms with Crippen molar-refractivity contribution in [1.82, 2.24) is 5.32 Å². The van der Waals surface area contributed by atoms with E-state index in [4.69, 9.17) is 4.74 Å². The van der Waals surface area contributed by atoms with Crippen molar-refractivity contribution >= 4 is 0 Å². The van der Waals surface area contributed by atoms with Gasteiger partial charge in [0.15, 0.2) is 0 Å². The molecule has 0 aliphatic rings. The molecule has 0 bridgehead atoms. The van der Waals surface area contributed by atoms with Crippen molar-refractivity contribution in [2.45, 2.75) is 25.5 Å². The minimum Gasteiger partial charge on any atom is -0.384 e. The molecule has 0 saturated carbocycles. The number of hydrogen-bond donors (Lipinski definition) is 2. The van der Waals surface area contributed by atoms with Crippen LogP contribution in [0.15, 0.2) is 30.3 Å². The SMILES string of the molecule is COCC(C)NCC(C)(O)c1ccccc1. The molecule has 2 N–H and O–H groups in total. The van der Waals surface area contributed by atoms with Gasteiger partial charge in [-0.05, 0) is 19.4 Å². The van der Waals surface area contributed by atoms with E-state index in [2.05, 4.69) is 5.32 Å². The molecular formula is C13H21NO2. The maximum Gasteiger partial charge on any atom is 0.0992 e. The molecular weight excluding hydrogens is 202 g/mol. The Morgan fingerprint density at radius 3 is 2.56 bits per heavy atom.